The average molecular weight is 311 g/mol. The highest BCUT2D eigenvalue weighted by Crippen LogP contribution is 2.26. The summed E-state index contributed by atoms with van der Waals surface area (Å²) in [6.45, 7) is 0.800. The Balaban J connectivity index is 1.58. The van der Waals surface area contributed by atoms with Gasteiger partial charge >= 0.3 is 0 Å². The van der Waals surface area contributed by atoms with Crippen LogP contribution in [0.15, 0.2) is 36.7 Å². The van der Waals surface area contributed by atoms with Crippen molar-refractivity contribution >= 4 is 17.3 Å². The monoisotopic (exact) mass is 311 g/mol. The molecule has 2 aromatic rings. The highest BCUT2D eigenvalue weighted by Gasteiger charge is 2.16. The van der Waals surface area contributed by atoms with E-state index in [2.05, 4.69) is 44.9 Å². The summed E-state index contributed by atoms with van der Waals surface area (Å²) in [6.07, 6.45) is 8.81. The first-order valence-electron chi connectivity index (χ1n) is 8.48. The average Bonchev–Trinajstić information content (AvgIpc) is 2.60. The molecule has 4 N–H and O–H groups in total. The Kier molecular flexibility index (Phi) is 5.29. The molecule has 1 aliphatic rings. The molecule has 1 saturated carbocycles. The van der Waals surface area contributed by atoms with Gasteiger partial charge in [-0.3, -0.25) is 0 Å². The van der Waals surface area contributed by atoms with Crippen LogP contribution < -0.4 is 16.4 Å². The lowest BCUT2D eigenvalue weighted by Crippen LogP contribution is -2.24. The number of nitrogen functional groups attached to an aromatic ring is 1. The van der Waals surface area contributed by atoms with Crippen molar-refractivity contribution in [3.8, 4) is 0 Å². The van der Waals surface area contributed by atoms with E-state index in [1.165, 1.54) is 37.7 Å². The molecule has 0 spiro atoms. The van der Waals surface area contributed by atoms with E-state index < -0.39 is 0 Å². The maximum atomic E-state index is 6.23. The Hall–Kier alpha value is -2.30. The van der Waals surface area contributed by atoms with E-state index in [1.807, 2.05) is 6.07 Å². The maximum absolute atomic E-state index is 6.23. The molecule has 5 heteroatoms. The standard InChI is InChI=1S/C18H25N5/c19-16-17(20-12-11-14-7-3-1-4-8-14)21-13-22-18(16)23-15-9-5-2-6-10-15/h1,3-4,7-8,13,15H,2,5-6,9-12,19H2,(H2,20,21,22,23). The van der Waals surface area contributed by atoms with Gasteiger partial charge < -0.3 is 16.4 Å². The minimum atomic E-state index is 0.484. The first kappa shape index (κ1) is 15.6. The quantitative estimate of drug-likeness (QED) is 0.761. The van der Waals surface area contributed by atoms with E-state index in [0.29, 0.717) is 17.5 Å². The van der Waals surface area contributed by atoms with Crippen molar-refractivity contribution < 1.29 is 0 Å². The molecule has 1 fully saturated rings. The summed E-state index contributed by atoms with van der Waals surface area (Å²) in [5, 5.41) is 6.80. The van der Waals surface area contributed by atoms with Gasteiger partial charge in [-0.1, -0.05) is 49.6 Å². The molecule has 0 bridgehead atoms. The third kappa shape index (κ3) is 4.34. The fourth-order valence-electron chi connectivity index (χ4n) is 3.06. The molecule has 23 heavy (non-hydrogen) atoms. The molecule has 1 aliphatic carbocycles. The lowest BCUT2D eigenvalue weighted by Gasteiger charge is -2.24. The number of nitrogens with zero attached hydrogens (tertiary/aromatic N) is 2. The number of rotatable bonds is 6. The SMILES string of the molecule is Nc1c(NCCc2ccccc2)ncnc1NC1CCCCC1. The van der Waals surface area contributed by atoms with Crippen molar-refractivity contribution in [1.29, 1.82) is 0 Å². The summed E-state index contributed by atoms with van der Waals surface area (Å²) < 4.78 is 0. The van der Waals surface area contributed by atoms with E-state index >= 15 is 0 Å². The fraction of sp³-hybridized carbons (Fsp3) is 0.444. The van der Waals surface area contributed by atoms with Crippen molar-refractivity contribution in [3.63, 3.8) is 0 Å². The molecule has 0 amide bonds. The van der Waals surface area contributed by atoms with E-state index in [1.54, 1.807) is 6.33 Å². The van der Waals surface area contributed by atoms with Crippen molar-refractivity contribution in [2.45, 2.75) is 44.6 Å². The van der Waals surface area contributed by atoms with Crippen LogP contribution in [0.2, 0.25) is 0 Å². The number of aromatic nitrogens is 2. The largest absolute Gasteiger partial charge is 0.393 e. The van der Waals surface area contributed by atoms with Crippen LogP contribution in [0.1, 0.15) is 37.7 Å². The normalized spacial score (nSPS) is 15.3. The summed E-state index contributed by atoms with van der Waals surface area (Å²) in [5.41, 5.74) is 8.15. The lowest BCUT2D eigenvalue weighted by atomic mass is 9.95. The zero-order valence-electron chi connectivity index (χ0n) is 13.5. The Labute approximate surface area is 137 Å². The van der Waals surface area contributed by atoms with E-state index in [9.17, 15) is 0 Å². The van der Waals surface area contributed by atoms with Crippen LogP contribution in [0.4, 0.5) is 17.3 Å². The molecule has 1 heterocycles. The molecule has 0 aliphatic heterocycles. The van der Waals surface area contributed by atoms with Crippen LogP contribution in [-0.4, -0.2) is 22.6 Å². The van der Waals surface area contributed by atoms with Crippen LogP contribution in [0.5, 0.6) is 0 Å². The fourth-order valence-corrected chi connectivity index (χ4v) is 3.06. The van der Waals surface area contributed by atoms with Gasteiger partial charge in [0.05, 0.1) is 0 Å². The van der Waals surface area contributed by atoms with Gasteiger partial charge in [-0.25, -0.2) is 9.97 Å². The Morgan fingerprint density at radius 3 is 2.52 bits per heavy atom. The predicted octanol–water partition coefficient (Wildman–Crippen LogP) is 3.46. The number of nitrogens with two attached hydrogens (primary N) is 1. The summed E-state index contributed by atoms with van der Waals surface area (Å²) in [5.74, 6) is 1.48. The van der Waals surface area contributed by atoms with Gasteiger partial charge in [0, 0.05) is 12.6 Å². The van der Waals surface area contributed by atoms with E-state index in [-0.39, 0.29) is 0 Å². The number of hydrogen-bond acceptors (Lipinski definition) is 5. The number of benzene rings is 1. The third-order valence-corrected chi connectivity index (χ3v) is 4.38. The second-order valence-electron chi connectivity index (χ2n) is 6.13. The molecule has 1 aromatic heterocycles. The van der Waals surface area contributed by atoms with Gasteiger partial charge in [-0.15, -0.1) is 0 Å². The van der Waals surface area contributed by atoms with E-state index in [0.717, 1.165) is 18.8 Å². The maximum Gasteiger partial charge on any atom is 0.155 e. The van der Waals surface area contributed by atoms with Crippen molar-refractivity contribution in [2.24, 2.45) is 0 Å². The topological polar surface area (TPSA) is 75.9 Å². The Morgan fingerprint density at radius 1 is 1.00 bits per heavy atom. The Bertz CT molecular complexity index is 608. The van der Waals surface area contributed by atoms with Crippen LogP contribution in [0, 0.1) is 0 Å². The van der Waals surface area contributed by atoms with E-state index in [4.69, 9.17) is 5.73 Å². The summed E-state index contributed by atoms with van der Waals surface area (Å²) in [6, 6.07) is 10.9. The number of nitrogens with one attached hydrogen (secondary N) is 2. The van der Waals surface area contributed by atoms with Gasteiger partial charge in [0.2, 0.25) is 0 Å². The third-order valence-electron chi connectivity index (χ3n) is 4.38. The van der Waals surface area contributed by atoms with Gasteiger partial charge in [0.15, 0.2) is 11.6 Å². The molecule has 122 valence electrons. The number of hydrogen-bond donors (Lipinski definition) is 3. The minimum absolute atomic E-state index is 0.484. The smallest absolute Gasteiger partial charge is 0.155 e. The highest BCUT2D eigenvalue weighted by molar-refractivity contribution is 5.74. The van der Waals surface area contributed by atoms with Gasteiger partial charge in [0.1, 0.15) is 12.0 Å². The van der Waals surface area contributed by atoms with Crippen LogP contribution >= 0.6 is 0 Å². The molecule has 0 unspecified atom stereocenters. The molecule has 3 rings (SSSR count). The zero-order valence-corrected chi connectivity index (χ0v) is 13.5. The molecule has 1 aromatic carbocycles. The second-order valence-corrected chi connectivity index (χ2v) is 6.13. The van der Waals surface area contributed by atoms with Crippen LogP contribution in [0.3, 0.4) is 0 Å². The molecular weight excluding hydrogens is 286 g/mol. The van der Waals surface area contributed by atoms with Crippen molar-refractivity contribution in [3.05, 3.63) is 42.2 Å². The molecule has 0 atom stereocenters. The van der Waals surface area contributed by atoms with Gasteiger partial charge in [0.25, 0.3) is 0 Å². The van der Waals surface area contributed by atoms with Crippen molar-refractivity contribution in [1.82, 2.24) is 9.97 Å². The van der Waals surface area contributed by atoms with Crippen molar-refractivity contribution in [2.75, 3.05) is 22.9 Å². The molecule has 5 nitrogen and oxygen atoms in total. The first-order chi connectivity index (χ1) is 11.3. The van der Waals surface area contributed by atoms with Gasteiger partial charge in [-0.05, 0) is 24.8 Å². The highest BCUT2D eigenvalue weighted by atomic mass is 15.1. The molecule has 0 saturated heterocycles. The van der Waals surface area contributed by atoms with Crippen LogP contribution in [0.25, 0.3) is 0 Å². The summed E-state index contributed by atoms with van der Waals surface area (Å²) >= 11 is 0. The molecular formula is C18H25N5. The minimum Gasteiger partial charge on any atom is -0.393 e. The van der Waals surface area contributed by atoms with Crippen LogP contribution in [-0.2, 0) is 6.42 Å². The lowest BCUT2D eigenvalue weighted by molar-refractivity contribution is 0.462. The summed E-state index contributed by atoms with van der Waals surface area (Å²) in [4.78, 5) is 8.59. The Morgan fingerprint density at radius 2 is 1.74 bits per heavy atom. The molecule has 0 radical (unpaired) electrons. The predicted molar refractivity (Wildman–Crippen MR) is 95.6 cm³/mol. The van der Waals surface area contributed by atoms with Gasteiger partial charge in [-0.2, -0.15) is 0 Å². The number of anilines is 3. The zero-order chi connectivity index (χ0) is 15.9. The first-order valence-corrected chi connectivity index (χ1v) is 8.48. The second kappa shape index (κ2) is 7.81. The summed E-state index contributed by atoms with van der Waals surface area (Å²) in [7, 11) is 0.